The molecule has 1 N–H and O–H groups in total. The molecular formula is C16H24N2O2. The number of hydrogen-bond acceptors (Lipinski definition) is 3. The number of carbonyl (C=O) groups excluding carboxylic acids is 1. The van der Waals surface area contributed by atoms with Crippen molar-refractivity contribution >= 4 is 12.1 Å². The van der Waals surface area contributed by atoms with Gasteiger partial charge in [0.1, 0.15) is 5.75 Å². The van der Waals surface area contributed by atoms with Crippen molar-refractivity contribution in [3.8, 4) is 5.75 Å². The highest BCUT2D eigenvalue weighted by atomic mass is 16.5. The lowest BCUT2D eigenvalue weighted by Crippen LogP contribution is -2.25. The van der Waals surface area contributed by atoms with Crippen molar-refractivity contribution in [1.29, 1.82) is 0 Å². The number of amides is 1. The van der Waals surface area contributed by atoms with E-state index in [1.807, 2.05) is 32.9 Å². The van der Waals surface area contributed by atoms with Crippen molar-refractivity contribution in [1.82, 2.24) is 5.43 Å². The number of nitrogens with one attached hydrogen (secondary N) is 1. The first kappa shape index (κ1) is 16.2. The maximum atomic E-state index is 11.6. The summed E-state index contributed by atoms with van der Waals surface area (Å²) in [6, 6.07) is 6.05. The van der Waals surface area contributed by atoms with Crippen LogP contribution in [-0.2, 0) is 4.79 Å². The molecular weight excluding hydrogens is 252 g/mol. The van der Waals surface area contributed by atoms with Crippen molar-refractivity contribution in [3.63, 3.8) is 0 Å². The molecule has 0 radical (unpaired) electrons. The monoisotopic (exact) mass is 276 g/mol. The van der Waals surface area contributed by atoms with Gasteiger partial charge in [-0.15, -0.1) is 0 Å². The summed E-state index contributed by atoms with van der Waals surface area (Å²) in [4.78, 5) is 11.6. The van der Waals surface area contributed by atoms with E-state index in [9.17, 15) is 4.79 Å². The van der Waals surface area contributed by atoms with Crippen molar-refractivity contribution in [3.05, 3.63) is 29.3 Å². The molecule has 0 fully saturated rings. The Hall–Kier alpha value is -1.84. The van der Waals surface area contributed by atoms with E-state index in [4.69, 9.17) is 4.74 Å². The Balaban J connectivity index is 2.61. The van der Waals surface area contributed by atoms with E-state index in [1.165, 1.54) is 0 Å². The molecule has 0 spiro atoms. The SMILES string of the molecule is Cc1ccc(C(C)C)c(OCC(=O)N/N=C\C(C)C)c1. The summed E-state index contributed by atoms with van der Waals surface area (Å²) in [5.41, 5.74) is 4.67. The molecule has 0 atom stereocenters. The smallest absolute Gasteiger partial charge is 0.277 e. The third-order valence-electron chi connectivity index (χ3n) is 2.71. The van der Waals surface area contributed by atoms with E-state index in [0.717, 1.165) is 16.9 Å². The second kappa shape index (κ2) is 7.68. The average molecular weight is 276 g/mol. The summed E-state index contributed by atoms with van der Waals surface area (Å²) in [7, 11) is 0. The predicted octanol–water partition coefficient (Wildman–Crippen LogP) is 3.26. The van der Waals surface area contributed by atoms with E-state index in [1.54, 1.807) is 6.21 Å². The molecule has 0 bridgehead atoms. The molecule has 0 aliphatic heterocycles. The fourth-order valence-corrected chi connectivity index (χ4v) is 1.68. The fourth-order valence-electron chi connectivity index (χ4n) is 1.68. The minimum atomic E-state index is -0.252. The molecule has 1 amide bonds. The van der Waals surface area contributed by atoms with Crippen LogP contribution in [-0.4, -0.2) is 18.7 Å². The Morgan fingerprint density at radius 1 is 1.35 bits per heavy atom. The molecule has 1 rings (SSSR count). The maximum absolute atomic E-state index is 11.6. The van der Waals surface area contributed by atoms with E-state index in [0.29, 0.717) is 11.8 Å². The number of carbonyl (C=O) groups is 1. The van der Waals surface area contributed by atoms with Gasteiger partial charge in [-0.3, -0.25) is 4.79 Å². The van der Waals surface area contributed by atoms with Crippen LogP contribution in [0.2, 0.25) is 0 Å². The van der Waals surface area contributed by atoms with Crippen LogP contribution in [0.4, 0.5) is 0 Å². The third-order valence-corrected chi connectivity index (χ3v) is 2.71. The van der Waals surface area contributed by atoms with Crippen LogP contribution in [0, 0.1) is 12.8 Å². The molecule has 4 nitrogen and oxygen atoms in total. The van der Waals surface area contributed by atoms with Crippen molar-refractivity contribution < 1.29 is 9.53 Å². The Labute approximate surface area is 121 Å². The molecule has 0 aromatic heterocycles. The van der Waals surface area contributed by atoms with Gasteiger partial charge in [-0.25, -0.2) is 5.43 Å². The summed E-state index contributed by atoms with van der Waals surface area (Å²) in [5.74, 6) is 1.18. The number of aryl methyl sites for hydroxylation is 1. The van der Waals surface area contributed by atoms with Gasteiger partial charge in [0.05, 0.1) is 0 Å². The number of rotatable bonds is 6. The Morgan fingerprint density at radius 3 is 2.65 bits per heavy atom. The van der Waals surface area contributed by atoms with Crippen molar-refractivity contribution in [2.45, 2.75) is 40.5 Å². The summed E-state index contributed by atoms with van der Waals surface area (Å²) in [5, 5.41) is 3.85. The second-order valence-electron chi connectivity index (χ2n) is 5.54. The second-order valence-corrected chi connectivity index (χ2v) is 5.54. The normalized spacial score (nSPS) is 11.3. The third kappa shape index (κ3) is 5.43. The minimum Gasteiger partial charge on any atom is -0.483 e. The Kier molecular flexibility index (Phi) is 6.22. The summed E-state index contributed by atoms with van der Waals surface area (Å²) in [6.07, 6.45) is 1.68. The van der Waals surface area contributed by atoms with E-state index < -0.39 is 0 Å². The maximum Gasteiger partial charge on any atom is 0.277 e. The quantitative estimate of drug-likeness (QED) is 0.640. The standard InChI is InChI=1S/C16H24N2O2/c1-11(2)9-17-18-16(19)10-20-15-8-13(5)6-7-14(15)12(3)4/h6-9,11-12H,10H2,1-5H3,(H,18,19)/b17-9-. The zero-order valence-corrected chi connectivity index (χ0v) is 12.9. The lowest BCUT2D eigenvalue weighted by molar-refractivity contribution is -0.123. The Morgan fingerprint density at radius 2 is 2.05 bits per heavy atom. The minimum absolute atomic E-state index is 0.0292. The molecule has 0 heterocycles. The Bertz CT molecular complexity index is 479. The summed E-state index contributed by atoms with van der Waals surface area (Å²) >= 11 is 0. The molecule has 20 heavy (non-hydrogen) atoms. The number of hydrogen-bond donors (Lipinski definition) is 1. The lowest BCUT2D eigenvalue weighted by atomic mass is 10.0. The van der Waals surface area contributed by atoms with Crippen molar-refractivity contribution in [2.75, 3.05) is 6.61 Å². The molecule has 4 heteroatoms. The van der Waals surface area contributed by atoms with Gasteiger partial charge in [0.25, 0.3) is 5.91 Å². The molecule has 1 aromatic rings. The van der Waals surface area contributed by atoms with Gasteiger partial charge >= 0.3 is 0 Å². The van der Waals surface area contributed by atoms with Crippen LogP contribution in [0.25, 0.3) is 0 Å². The molecule has 0 saturated heterocycles. The average Bonchev–Trinajstić information content (AvgIpc) is 2.35. The molecule has 110 valence electrons. The van der Waals surface area contributed by atoms with Crippen LogP contribution < -0.4 is 10.2 Å². The van der Waals surface area contributed by atoms with Gasteiger partial charge in [-0.1, -0.05) is 39.8 Å². The van der Waals surface area contributed by atoms with Gasteiger partial charge in [0, 0.05) is 6.21 Å². The van der Waals surface area contributed by atoms with E-state index in [2.05, 4.69) is 30.4 Å². The largest absolute Gasteiger partial charge is 0.483 e. The van der Waals surface area contributed by atoms with Crippen LogP contribution in [0.15, 0.2) is 23.3 Å². The summed E-state index contributed by atoms with van der Waals surface area (Å²) in [6.45, 7) is 10.2. The number of benzene rings is 1. The molecule has 1 aromatic carbocycles. The first-order chi connectivity index (χ1) is 9.40. The lowest BCUT2D eigenvalue weighted by Gasteiger charge is -2.14. The van der Waals surface area contributed by atoms with Gasteiger partial charge in [-0.05, 0) is 36.0 Å². The first-order valence-corrected chi connectivity index (χ1v) is 6.95. The van der Waals surface area contributed by atoms with Crippen LogP contribution in [0.1, 0.15) is 44.7 Å². The van der Waals surface area contributed by atoms with Crippen LogP contribution >= 0.6 is 0 Å². The number of nitrogens with zero attached hydrogens (tertiary/aromatic N) is 1. The van der Waals surface area contributed by atoms with Crippen LogP contribution in [0.5, 0.6) is 5.75 Å². The van der Waals surface area contributed by atoms with E-state index >= 15 is 0 Å². The molecule has 0 aliphatic rings. The van der Waals surface area contributed by atoms with Crippen molar-refractivity contribution in [2.24, 2.45) is 11.0 Å². The zero-order valence-electron chi connectivity index (χ0n) is 12.9. The van der Waals surface area contributed by atoms with Gasteiger partial charge in [0.2, 0.25) is 0 Å². The van der Waals surface area contributed by atoms with Crippen LogP contribution in [0.3, 0.4) is 0 Å². The number of hydrazone groups is 1. The highest BCUT2D eigenvalue weighted by Gasteiger charge is 2.09. The number of ether oxygens (including phenoxy) is 1. The summed E-state index contributed by atoms with van der Waals surface area (Å²) < 4.78 is 5.61. The van der Waals surface area contributed by atoms with Gasteiger partial charge in [-0.2, -0.15) is 5.10 Å². The topological polar surface area (TPSA) is 50.7 Å². The molecule has 0 aliphatic carbocycles. The highest BCUT2D eigenvalue weighted by molar-refractivity contribution is 5.78. The fraction of sp³-hybridized carbons (Fsp3) is 0.500. The first-order valence-electron chi connectivity index (χ1n) is 6.95. The molecule has 0 unspecified atom stereocenters. The molecule has 0 saturated carbocycles. The van der Waals surface area contributed by atoms with Gasteiger partial charge < -0.3 is 4.74 Å². The predicted molar refractivity (Wildman–Crippen MR) is 82.2 cm³/mol. The zero-order chi connectivity index (χ0) is 15.1. The van der Waals surface area contributed by atoms with E-state index in [-0.39, 0.29) is 12.5 Å². The highest BCUT2D eigenvalue weighted by Crippen LogP contribution is 2.27. The van der Waals surface area contributed by atoms with Gasteiger partial charge in [0.15, 0.2) is 6.61 Å².